The molecule has 0 saturated carbocycles. The van der Waals surface area contributed by atoms with Crippen LogP contribution in [0, 0.1) is 5.92 Å². The summed E-state index contributed by atoms with van der Waals surface area (Å²) >= 11 is 0. The molecule has 1 aliphatic carbocycles. The molecule has 0 heterocycles. The van der Waals surface area contributed by atoms with Crippen LogP contribution in [0.4, 0.5) is 0 Å². The molecule has 1 unspecified atom stereocenters. The molecular formula is C24H30O2. The maximum absolute atomic E-state index is 11.0. The fourth-order valence-electron chi connectivity index (χ4n) is 4.00. The molecule has 0 fully saturated rings. The van der Waals surface area contributed by atoms with Gasteiger partial charge in [0.05, 0.1) is 0 Å². The monoisotopic (exact) mass is 350 g/mol. The first-order valence-corrected chi connectivity index (χ1v) is 10.1. The first kappa shape index (κ1) is 18.7. The summed E-state index contributed by atoms with van der Waals surface area (Å²) in [7, 11) is 0. The van der Waals surface area contributed by atoms with Crippen molar-refractivity contribution in [3.63, 3.8) is 0 Å². The summed E-state index contributed by atoms with van der Waals surface area (Å²) in [6, 6.07) is 14.7. The fraction of sp³-hybridized carbons (Fsp3) is 0.458. The predicted octanol–water partition coefficient (Wildman–Crippen LogP) is 6.35. The second kappa shape index (κ2) is 9.02. The molecule has 2 heteroatoms. The van der Waals surface area contributed by atoms with Gasteiger partial charge < -0.3 is 4.74 Å². The Morgan fingerprint density at radius 1 is 1.00 bits per heavy atom. The molecule has 0 amide bonds. The van der Waals surface area contributed by atoms with Crippen LogP contribution < -0.4 is 4.74 Å². The molecule has 1 aliphatic rings. The lowest BCUT2D eigenvalue weighted by atomic mass is 9.80. The van der Waals surface area contributed by atoms with Crippen LogP contribution in [0.5, 0.6) is 5.75 Å². The van der Waals surface area contributed by atoms with Gasteiger partial charge in [0, 0.05) is 6.92 Å². The van der Waals surface area contributed by atoms with Crippen molar-refractivity contribution in [2.24, 2.45) is 5.92 Å². The quantitative estimate of drug-likeness (QED) is 0.330. The van der Waals surface area contributed by atoms with Gasteiger partial charge in [-0.05, 0) is 59.6 Å². The van der Waals surface area contributed by atoms with Gasteiger partial charge in [-0.2, -0.15) is 0 Å². The smallest absolute Gasteiger partial charge is 0.308 e. The molecule has 2 nitrogen and oxygen atoms in total. The Kier molecular flexibility index (Phi) is 6.49. The van der Waals surface area contributed by atoms with E-state index < -0.39 is 0 Å². The lowest BCUT2D eigenvalue weighted by Gasteiger charge is -2.25. The second-order valence-electron chi connectivity index (χ2n) is 7.56. The summed E-state index contributed by atoms with van der Waals surface area (Å²) in [5.74, 6) is 1.19. The third-order valence-electron chi connectivity index (χ3n) is 5.45. The molecule has 0 spiro atoms. The number of aryl methyl sites for hydroxylation is 1. The summed E-state index contributed by atoms with van der Waals surface area (Å²) in [5.41, 5.74) is 5.47. The molecule has 0 bridgehead atoms. The van der Waals surface area contributed by atoms with Gasteiger partial charge >= 0.3 is 5.97 Å². The van der Waals surface area contributed by atoms with E-state index in [9.17, 15) is 4.79 Å². The second-order valence-corrected chi connectivity index (χ2v) is 7.56. The zero-order chi connectivity index (χ0) is 18.4. The van der Waals surface area contributed by atoms with Gasteiger partial charge in [-0.25, -0.2) is 0 Å². The maximum atomic E-state index is 11.0. The average Bonchev–Trinajstić information content (AvgIpc) is 2.65. The zero-order valence-corrected chi connectivity index (χ0v) is 16.1. The van der Waals surface area contributed by atoms with E-state index in [1.165, 1.54) is 80.5 Å². The highest BCUT2D eigenvalue weighted by Crippen LogP contribution is 2.32. The van der Waals surface area contributed by atoms with E-state index in [1.807, 2.05) is 24.3 Å². The largest absolute Gasteiger partial charge is 0.427 e. The molecular weight excluding hydrogens is 320 g/mol. The van der Waals surface area contributed by atoms with Crippen LogP contribution in [0.15, 0.2) is 42.5 Å². The van der Waals surface area contributed by atoms with Crippen LogP contribution >= 0.6 is 0 Å². The molecule has 0 radical (unpaired) electrons. The van der Waals surface area contributed by atoms with Crippen LogP contribution in [0.2, 0.25) is 0 Å². The minimum absolute atomic E-state index is 0.282. The molecule has 2 aromatic carbocycles. The normalized spacial score (nSPS) is 16.2. The zero-order valence-electron chi connectivity index (χ0n) is 16.1. The highest BCUT2D eigenvalue weighted by molar-refractivity contribution is 5.70. The highest BCUT2D eigenvalue weighted by atomic mass is 16.5. The van der Waals surface area contributed by atoms with Crippen LogP contribution in [-0.4, -0.2) is 5.97 Å². The third kappa shape index (κ3) is 4.97. The number of unbranched alkanes of at least 4 members (excludes halogenated alkanes) is 3. The van der Waals surface area contributed by atoms with E-state index >= 15 is 0 Å². The first-order chi connectivity index (χ1) is 12.7. The Morgan fingerprint density at radius 2 is 1.77 bits per heavy atom. The van der Waals surface area contributed by atoms with Crippen molar-refractivity contribution in [1.29, 1.82) is 0 Å². The third-order valence-corrected chi connectivity index (χ3v) is 5.45. The summed E-state index contributed by atoms with van der Waals surface area (Å²) in [4.78, 5) is 11.0. The lowest BCUT2D eigenvalue weighted by Crippen LogP contribution is -2.14. The minimum Gasteiger partial charge on any atom is -0.427 e. The SMILES string of the molecule is CCCCCCC1CCc2cc(-c3ccc(OC(C)=O)cc3)ccc2C1. The number of esters is 1. The number of rotatable bonds is 7. The molecule has 0 aliphatic heterocycles. The van der Waals surface area contributed by atoms with Crippen LogP contribution in [0.25, 0.3) is 11.1 Å². The van der Waals surface area contributed by atoms with Crippen LogP contribution in [-0.2, 0) is 17.6 Å². The molecule has 3 rings (SSSR count). The van der Waals surface area contributed by atoms with Crippen LogP contribution in [0.3, 0.4) is 0 Å². The average molecular weight is 351 g/mol. The molecule has 138 valence electrons. The van der Waals surface area contributed by atoms with E-state index in [0.29, 0.717) is 5.75 Å². The summed E-state index contributed by atoms with van der Waals surface area (Å²) in [6.07, 6.45) is 10.6. The number of carbonyl (C=O) groups excluding carboxylic acids is 1. The van der Waals surface area contributed by atoms with E-state index in [0.717, 1.165) is 5.92 Å². The fourth-order valence-corrected chi connectivity index (χ4v) is 4.00. The highest BCUT2D eigenvalue weighted by Gasteiger charge is 2.18. The summed E-state index contributed by atoms with van der Waals surface area (Å²) < 4.78 is 5.12. The Hall–Kier alpha value is -2.09. The van der Waals surface area contributed by atoms with Gasteiger partial charge in [0.15, 0.2) is 0 Å². The Labute approximate surface area is 157 Å². The van der Waals surface area contributed by atoms with Crippen molar-refractivity contribution in [3.8, 4) is 16.9 Å². The molecule has 0 aromatic heterocycles. The molecule has 1 atom stereocenters. The molecule has 26 heavy (non-hydrogen) atoms. The van der Waals surface area contributed by atoms with Crippen molar-refractivity contribution in [1.82, 2.24) is 0 Å². The van der Waals surface area contributed by atoms with Gasteiger partial charge in [0.25, 0.3) is 0 Å². The van der Waals surface area contributed by atoms with Gasteiger partial charge in [0.2, 0.25) is 0 Å². The molecule has 0 N–H and O–H groups in total. The van der Waals surface area contributed by atoms with Crippen molar-refractivity contribution in [3.05, 3.63) is 53.6 Å². The Balaban J connectivity index is 1.64. The number of fused-ring (bicyclic) bond motifs is 1. The van der Waals surface area contributed by atoms with Gasteiger partial charge in [-0.1, -0.05) is 69.4 Å². The Bertz CT molecular complexity index is 730. The number of ether oxygens (including phenoxy) is 1. The first-order valence-electron chi connectivity index (χ1n) is 10.1. The number of hydrogen-bond acceptors (Lipinski definition) is 2. The van der Waals surface area contributed by atoms with Crippen molar-refractivity contribution in [2.75, 3.05) is 0 Å². The predicted molar refractivity (Wildman–Crippen MR) is 107 cm³/mol. The number of carbonyl (C=O) groups is 1. The molecule has 0 saturated heterocycles. The standard InChI is InChI=1S/C24H30O2/c1-3-4-5-6-7-19-8-9-23-17-22(11-10-21(23)16-19)20-12-14-24(15-13-20)26-18(2)25/h10-15,17,19H,3-9,16H2,1-2H3. The summed E-state index contributed by atoms with van der Waals surface area (Å²) in [6.45, 7) is 3.70. The Morgan fingerprint density at radius 3 is 2.50 bits per heavy atom. The van der Waals surface area contributed by atoms with E-state index in [2.05, 4.69) is 25.1 Å². The van der Waals surface area contributed by atoms with E-state index in [4.69, 9.17) is 4.74 Å². The van der Waals surface area contributed by atoms with Crippen LogP contribution in [0.1, 0.15) is 63.5 Å². The van der Waals surface area contributed by atoms with E-state index in [1.54, 1.807) is 0 Å². The van der Waals surface area contributed by atoms with Crippen molar-refractivity contribution < 1.29 is 9.53 Å². The molecule has 2 aromatic rings. The van der Waals surface area contributed by atoms with Crippen molar-refractivity contribution >= 4 is 5.97 Å². The maximum Gasteiger partial charge on any atom is 0.308 e. The van der Waals surface area contributed by atoms with E-state index in [-0.39, 0.29) is 5.97 Å². The number of hydrogen-bond donors (Lipinski definition) is 0. The van der Waals surface area contributed by atoms with Crippen molar-refractivity contribution in [2.45, 2.75) is 65.2 Å². The van der Waals surface area contributed by atoms with Gasteiger partial charge in [0.1, 0.15) is 5.75 Å². The minimum atomic E-state index is -0.282. The van der Waals surface area contributed by atoms with Gasteiger partial charge in [-0.3, -0.25) is 4.79 Å². The lowest BCUT2D eigenvalue weighted by molar-refractivity contribution is -0.131. The summed E-state index contributed by atoms with van der Waals surface area (Å²) in [5, 5.41) is 0. The number of benzene rings is 2. The topological polar surface area (TPSA) is 26.3 Å². The van der Waals surface area contributed by atoms with Gasteiger partial charge in [-0.15, -0.1) is 0 Å².